The number of carbonyl (C=O) groups excluding carboxylic acids is 1. The first-order chi connectivity index (χ1) is 8.56. The molecular weight excluding hydrogens is 234 g/mol. The molecular formula is C13H17NO4. The van der Waals surface area contributed by atoms with Gasteiger partial charge < -0.3 is 14.8 Å². The van der Waals surface area contributed by atoms with E-state index in [4.69, 9.17) is 9.52 Å². The lowest BCUT2D eigenvalue weighted by molar-refractivity contribution is -0.139. The maximum atomic E-state index is 12.1. The topological polar surface area (TPSA) is 79.5 Å². The minimum atomic E-state index is -0.877. The van der Waals surface area contributed by atoms with Gasteiger partial charge in [0, 0.05) is 6.42 Å². The third kappa shape index (κ3) is 2.39. The van der Waals surface area contributed by atoms with E-state index >= 15 is 0 Å². The fraction of sp³-hybridized carbons (Fsp3) is 0.538. The molecule has 1 aromatic rings. The number of nitrogens with one attached hydrogen (secondary N) is 1. The molecule has 0 aromatic carbocycles. The molecule has 0 atom stereocenters. The van der Waals surface area contributed by atoms with Crippen LogP contribution in [0.25, 0.3) is 0 Å². The van der Waals surface area contributed by atoms with Gasteiger partial charge in [-0.05, 0) is 25.3 Å². The monoisotopic (exact) mass is 251 g/mol. The summed E-state index contributed by atoms with van der Waals surface area (Å²) in [6, 6.07) is 1.63. The Morgan fingerprint density at radius 2 is 2.22 bits per heavy atom. The molecule has 0 radical (unpaired) electrons. The Morgan fingerprint density at radius 1 is 1.50 bits per heavy atom. The summed E-state index contributed by atoms with van der Waals surface area (Å²) < 4.78 is 5.21. The number of carboxylic acid groups (broad SMARTS) is 1. The van der Waals surface area contributed by atoms with Crippen molar-refractivity contribution in [2.75, 3.05) is 0 Å². The summed E-state index contributed by atoms with van der Waals surface area (Å²) in [5, 5.41) is 11.7. The lowest BCUT2D eigenvalue weighted by Gasteiger charge is -2.41. The molecule has 1 fully saturated rings. The van der Waals surface area contributed by atoms with Crippen LogP contribution < -0.4 is 5.32 Å². The number of rotatable bonds is 5. The maximum absolute atomic E-state index is 12.1. The van der Waals surface area contributed by atoms with Gasteiger partial charge in [-0.3, -0.25) is 9.59 Å². The van der Waals surface area contributed by atoms with Crippen LogP contribution in [0.1, 0.15) is 48.7 Å². The fourth-order valence-corrected chi connectivity index (χ4v) is 2.36. The summed E-state index contributed by atoms with van der Waals surface area (Å²) in [5.41, 5.74) is -0.0558. The molecule has 5 nitrogen and oxygen atoms in total. The zero-order valence-electron chi connectivity index (χ0n) is 10.4. The summed E-state index contributed by atoms with van der Waals surface area (Å²) in [5.74, 6) is -0.475. The molecule has 2 N–H and O–H groups in total. The smallest absolute Gasteiger partial charge is 0.305 e. The largest absolute Gasteiger partial charge is 0.481 e. The zero-order valence-corrected chi connectivity index (χ0v) is 10.4. The maximum Gasteiger partial charge on any atom is 0.305 e. The van der Waals surface area contributed by atoms with Gasteiger partial charge in [-0.25, -0.2) is 0 Å². The molecule has 5 heteroatoms. The summed E-state index contributed by atoms with van der Waals surface area (Å²) in [7, 11) is 0. The van der Waals surface area contributed by atoms with Crippen LogP contribution in [0.5, 0.6) is 0 Å². The molecule has 0 bridgehead atoms. The summed E-state index contributed by atoms with van der Waals surface area (Å²) >= 11 is 0. The number of carbonyl (C=O) groups is 2. The fourth-order valence-electron chi connectivity index (χ4n) is 2.36. The second-order valence-electron chi connectivity index (χ2n) is 4.77. The molecule has 18 heavy (non-hydrogen) atoms. The minimum absolute atomic E-state index is 0.0158. The van der Waals surface area contributed by atoms with E-state index in [0.29, 0.717) is 17.7 Å². The second-order valence-corrected chi connectivity index (χ2v) is 4.77. The number of furan rings is 1. The number of aliphatic carboxylic acids is 1. The first-order valence-corrected chi connectivity index (χ1v) is 6.17. The standard InChI is InChI=1S/C13H17NO4/c1-2-10-9(4-7-18-10)12(17)14-13(5-3-6-13)8-11(15)16/h4,7H,2-3,5-6,8H2,1H3,(H,14,17)(H,15,16). The van der Waals surface area contributed by atoms with Crippen molar-refractivity contribution in [2.24, 2.45) is 0 Å². The van der Waals surface area contributed by atoms with Crippen LogP contribution in [0.15, 0.2) is 16.7 Å². The van der Waals surface area contributed by atoms with Crippen molar-refractivity contribution in [3.05, 3.63) is 23.7 Å². The Balaban J connectivity index is 2.08. The van der Waals surface area contributed by atoms with Gasteiger partial charge >= 0.3 is 5.97 Å². The molecule has 0 saturated heterocycles. The van der Waals surface area contributed by atoms with Crippen LogP contribution in [0.4, 0.5) is 0 Å². The van der Waals surface area contributed by atoms with Crippen LogP contribution >= 0.6 is 0 Å². The Kier molecular flexibility index (Phi) is 3.41. The van der Waals surface area contributed by atoms with E-state index in [-0.39, 0.29) is 12.3 Å². The van der Waals surface area contributed by atoms with E-state index in [2.05, 4.69) is 5.32 Å². The predicted octanol–water partition coefficient (Wildman–Crippen LogP) is 1.97. The molecule has 0 unspecified atom stereocenters. The molecule has 0 spiro atoms. The van der Waals surface area contributed by atoms with E-state index in [1.165, 1.54) is 6.26 Å². The highest BCUT2D eigenvalue weighted by atomic mass is 16.4. The normalized spacial score (nSPS) is 16.9. The highest BCUT2D eigenvalue weighted by Crippen LogP contribution is 2.35. The highest BCUT2D eigenvalue weighted by molar-refractivity contribution is 5.96. The van der Waals surface area contributed by atoms with Crippen molar-refractivity contribution < 1.29 is 19.1 Å². The van der Waals surface area contributed by atoms with Crippen molar-refractivity contribution in [1.82, 2.24) is 5.32 Å². The van der Waals surface area contributed by atoms with E-state index in [0.717, 1.165) is 19.3 Å². The zero-order chi connectivity index (χ0) is 13.2. The van der Waals surface area contributed by atoms with Crippen LogP contribution in [0.3, 0.4) is 0 Å². The minimum Gasteiger partial charge on any atom is -0.481 e. The predicted molar refractivity (Wildman–Crippen MR) is 64.4 cm³/mol. The Hall–Kier alpha value is -1.78. The Labute approximate surface area is 105 Å². The number of hydrogen-bond acceptors (Lipinski definition) is 3. The van der Waals surface area contributed by atoms with Crippen molar-refractivity contribution in [1.29, 1.82) is 0 Å². The van der Waals surface area contributed by atoms with Crippen LogP contribution in [0, 0.1) is 0 Å². The molecule has 1 saturated carbocycles. The molecule has 1 amide bonds. The summed E-state index contributed by atoms with van der Waals surface area (Å²) in [4.78, 5) is 22.9. The molecule has 1 heterocycles. The lowest BCUT2D eigenvalue weighted by Crippen LogP contribution is -2.54. The SMILES string of the molecule is CCc1occc1C(=O)NC1(CC(=O)O)CCC1. The van der Waals surface area contributed by atoms with Crippen LogP contribution in [-0.4, -0.2) is 22.5 Å². The van der Waals surface area contributed by atoms with Gasteiger partial charge in [0.25, 0.3) is 5.91 Å². The van der Waals surface area contributed by atoms with Crippen LogP contribution in [0.2, 0.25) is 0 Å². The van der Waals surface area contributed by atoms with Gasteiger partial charge in [0.2, 0.25) is 0 Å². The van der Waals surface area contributed by atoms with Crippen molar-refractivity contribution in [2.45, 2.75) is 44.6 Å². The van der Waals surface area contributed by atoms with Crippen LogP contribution in [-0.2, 0) is 11.2 Å². The number of aryl methyl sites for hydroxylation is 1. The summed E-state index contributed by atoms with van der Waals surface area (Å²) in [6.07, 6.45) is 4.52. The van der Waals surface area contributed by atoms with Gasteiger partial charge in [0.15, 0.2) is 0 Å². The van der Waals surface area contributed by atoms with Gasteiger partial charge in [0.1, 0.15) is 5.76 Å². The Bertz CT molecular complexity index is 459. The van der Waals surface area contributed by atoms with Gasteiger partial charge in [-0.15, -0.1) is 0 Å². The van der Waals surface area contributed by atoms with Crippen molar-refractivity contribution >= 4 is 11.9 Å². The van der Waals surface area contributed by atoms with Crippen molar-refractivity contribution in [3.8, 4) is 0 Å². The van der Waals surface area contributed by atoms with E-state index in [9.17, 15) is 9.59 Å². The third-order valence-corrected chi connectivity index (χ3v) is 3.49. The first kappa shape index (κ1) is 12.7. The number of carboxylic acids is 1. The number of hydrogen-bond donors (Lipinski definition) is 2. The Morgan fingerprint density at radius 3 is 2.72 bits per heavy atom. The van der Waals surface area contributed by atoms with E-state index in [1.807, 2.05) is 6.92 Å². The van der Waals surface area contributed by atoms with Crippen molar-refractivity contribution in [3.63, 3.8) is 0 Å². The lowest BCUT2D eigenvalue weighted by atomic mass is 9.74. The number of amides is 1. The molecule has 1 aliphatic rings. The van der Waals surface area contributed by atoms with Gasteiger partial charge in [-0.2, -0.15) is 0 Å². The summed E-state index contributed by atoms with van der Waals surface area (Å²) in [6.45, 7) is 1.91. The second kappa shape index (κ2) is 4.84. The van der Waals surface area contributed by atoms with E-state index in [1.54, 1.807) is 6.07 Å². The average molecular weight is 251 g/mol. The van der Waals surface area contributed by atoms with Gasteiger partial charge in [-0.1, -0.05) is 6.92 Å². The molecule has 1 aliphatic carbocycles. The van der Waals surface area contributed by atoms with Gasteiger partial charge in [0.05, 0.1) is 23.8 Å². The molecule has 98 valence electrons. The molecule has 1 aromatic heterocycles. The molecule has 2 rings (SSSR count). The quantitative estimate of drug-likeness (QED) is 0.838. The third-order valence-electron chi connectivity index (χ3n) is 3.49. The molecule has 0 aliphatic heterocycles. The highest BCUT2D eigenvalue weighted by Gasteiger charge is 2.40. The average Bonchev–Trinajstić information content (AvgIpc) is 2.73. The first-order valence-electron chi connectivity index (χ1n) is 6.17. The van der Waals surface area contributed by atoms with E-state index < -0.39 is 11.5 Å².